The van der Waals surface area contributed by atoms with Gasteiger partial charge in [-0.1, -0.05) is 0 Å². The van der Waals surface area contributed by atoms with Gasteiger partial charge in [0.25, 0.3) is 0 Å². The zero-order valence-electron chi connectivity index (χ0n) is 18.1. The third-order valence-electron chi connectivity index (χ3n) is 6.88. The van der Waals surface area contributed by atoms with Crippen LogP contribution in [0, 0.1) is 11.6 Å². The minimum Gasteiger partial charge on any atom is -0.365 e. The average Bonchev–Trinajstić information content (AvgIpc) is 3.30. The van der Waals surface area contributed by atoms with E-state index in [2.05, 4.69) is 41.0 Å². The summed E-state index contributed by atoms with van der Waals surface area (Å²) in [6.45, 7) is 2.17. The lowest BCUT2D eigenvalue weighted by atomic mass is 9.97. The van der Waals surface area contributed by atoms with Crippen molar-refractivity contribution in [3.05, 3.63) is 41.9 Å². The van der Waals surface area contributed by atoms with Crippen molar-refractivity contribution in [2.24, 2.45) is 0 Å². The molecule has 0 bridgehead atoms. The number of piperidine rings is 1. The molecular weight excluding hydrogens is 428 g/mol. The summed E-state index contributed by atoms with van der Waals surface area (Å²) < 4.78 is 31.0. The molecule has 0 spiro atoms. The Balaban J connectivity index is 1.24. The molecule has 9 nitrogen and oxygen atoms in total. The van der Waals surface area contributed by atoms with E-state index in [4.69, 9.17) is 0 Å². The Bertz CT molecular complexity index is 1150. The van der Waals surface area contributed by atoms with Crippen LogP contribution in [-0.4, -0.2) is 60.2 Å². The zero-order chi connectivity index (χ0) is 22.4. The van der Waals surface area contributed by atoms with Gasteiger partial charge >= 0.3 is 0 Å². The SMILES string of the molecule is Fc1cc(C2CC2)c(-n2cnnn2)cc1Nc1ncc(F)c(NC2CCN3CCCC3C2)n1. The van der Waals surface area contributed by atoms with Gasteiger partial charge in [-0.3, -0.25) is 0 Å². The molecule has 1 saturated carbocycles. The van der Waals surface area contributed by atoms with Gasteiger partial charge in [0.2, 0.25) is 5.95 Å². The molecule has 2 atom stereocenters. The second-order valence-electron chi connectivity index (χ2n) is 9.13. The minimum atomic E-state index is -0.520. The Labute approximate surface area is 189 Å². The van der Waals surface area contributed by atoms with Crippen molar-refractivity contribution in [3.63, 3.8) is 0 Å². The highest BCUT2D eigenvalue weighted by molar-refractivity contribution is 5.62. The van der Waals surface area contributed by atoms with Crippen LogP contribution in [0.3, 0.4) is 0 Å². The van der Waals surface area contributed by atoms with Crippen LogP contribution >= 0.6 is 0 Å². The molecule has 0 radical (unpaired) electrons. The smallest absolute Gasteiger partial charge is 0.229 e. The van der Waals surface area contributed by atoms with E-state index in [0.717, 1.165) is 50.5 Å². The summed E-state index contributed by atoms with van der Waals surface area (Å²) in [5.41, 5.74) is 1.75. The van der Waals surface area contributed by atoms with Gasteiger partial charge in [-0.2, -0.15) is 4.98 Å². The molecule has 3 aliphatic rings. The lowest BCUT2D eigenvalue weighted by Gasteiger charge is -2.35. The van der Waals surface area contributed by atoms with Gasteiger partial charge in [0.15, 0.2) is 11.6 Å². The van der Waals surface area contributed by atoms with Crippen molar-refractivity contribution in [3.8, 4) is 5.69 Å². The highest BCUT2D eigenvalue weighted by Gasteiger charge is 2.32. The third-order valence-corrected chi connectivity index (χ3v) is 6.88. The first kappa shape index (κ1) is 20.4. The van der Waals surface area contributed by atoms with Gasteiger partial charge < -0.3 is 15.5 Å². The van der Waals surface area contributed by atoms with Crippen LogP contribution in [0.2, 0.25) is 0 Å². The Kier molecular flexibility index (Phi) is 5.12. The molecule has 4 heterocycles. The molecule has 2 saturated heterocycles. The Morgan fingerprint density at radius 3 is 2.76 bits per heavy atom. The van der Waals surface area contributed by atoms with Crippen LogP contribution in [0.5, 0.6) is 0 Å². The quantitative estimate of drug-likeness (QED) is 0.586. The van der Waals surface area contributed by atoms with Gasteiger partial charge in [-0.05, 0) is 79.1 Å². The van der Waals surface area contributed by atoms with Gasteiger partial charge in [0.1, 0.15) is 12.1 Å². The van der Waals surface area contributed by atoms with E-state index in [-0.39, 0.29) is 23.5 Å². The number of tetrazole rings is 1. The largest absolute Gasteiger partial charge is 0.365 e. The second-order valence-corrected chi connectivity index (χ2v) is 9.13. The first-order valence-corrected chi connectivity index (χ1v) is 11.5. The van der Waals surface area contributed by atoms with Crippen LogP contribution in [0.25, 0.3) is 5.69 Å². The van der Waals surface area contributed by atoms with Crippen LogP contribution in [0.1, 0.15) is 50.0 Å². The molecule has 3 aromatic rings. The van der Waals surface area contributed by atoms with Crippen molar-refractivity contribution in [2.45, 2.75) is 56.5 Å². The van der Waals surface area contributed by atoms with Crippen LogP contribution < -0.4 is 10.6 Å². The van der Waals surface area contributed by atoms with Crippen molar-refractivity contribution >= 4 is 17.5 Å². The number of hydrogen-bond acceptors (Lipinski definition) is 8. The summed E-state index contributed by atoms with van der Waals surface area (Å²) in [5.74, 6) is -0.382. The normalized spacial score (nSPS) is 22.8. The molecular formula is C22H25F2N9. The summed E-state index contributed by atoms with van der Waals surface area (Å²) >= 11 is 0. The number of hydrogen-bond donors (Lipinski definition) is 2. The summed E-state index contributed by atoms with van der Waals surface area (Å²) in [5, 5.41) is 17.5. The van der Waals surface area contributed by atoms with Gasteiger partial charge in [-0.15, -0.1) is 5.10 Å². The van der Waals surface area contributed by atoms with Crippen LogP contribution in [0.15, 0.2) is 24.7 Å². The topological polar surface area (TPSA) is 96.7 Å². The molecule has 2 N–H and O–H groups in total. The molecule has 11 heteroatoms. The van der Waals surface area contributed by atoms with E-state index in [0.29, 0.717) is 17.6 Å². The summed E-state index contributed by atoms with van der Waals surface area (Å²) in [7, 11) is 0. The molecule has 6 rings (SSSR count). The fourth-order valence-corrected chi connectivity index (χ4v) is 5.06. The molecule has 172 valence electrons. The third kappa shape index (κ3) is 4.12. The number of rotatable bonds is 6. The number of nitrogens with one attached hydrogen (secondary N) is 2. The Morgan fingerprint density at radius 1 is 1.03 bits per heavy atom. The molecule has 1 aliphatic carbocycles. The maximum absolute atomic E-state index is 14.9. The zero-order valence-corrected chi connectivity index (χ0v) is 18.1. The summed E-state index contributed by atoms with van der Waals surface area (Å²) in [6, 6.07) is 3.87. The van der Waals surface area contributed by atoms with E-state index >= 15 is 0 Å². The molecule has 2 aliphatic heterocycles. The standard InChI is InChI=1S/C22H25F2N9/c23-17-9-16(13-3-4-13)20(33-12-26-30-31-33)10-19(17)28-22-25-11-18(24)21(29-22)27-14-5-7-32-6-1-2-15(32)8-14/h9-15H,1-8H2,(H2,25,27,28,29). The molecule has 0 amide bonds. The van der Waals surface area contributed by atoms with Crippen molar-refractivity contribution in [1.29, 1.82) is 0 Å². The van der Waals surface area contributed by atoms with Crippen molar-refractivity contribution < 1.29 is 8.78 Å². The highest BCUT2D eigenvalue weighted by atomic mass is 19.1. The first-order valence-electron chi connectivity index (χ1n) is 11.5. The van der Waals surface area contributed by atoms with Gasteiger partial charge in [0.05, 0.1) is 17.6 Å². The maximum Gasteiger partial charge on any atom is 0.229 e. The molecule has 2 unspecified atom stereocenters. The molecule has 3 fully saturated rings. The van der Waals surface area contributed by atoms with Crippen molar-refractivity contribution in [2.75, 3.05) is 23.7 Å². The lowest BCUT2D eigenvalue weighted by Crippen LogP contribution is -2.43. The minimum absolute atomic E-state index is 0.123. The predicted molar refractivity (Wildman–Crippen MR) is 118 cm³/mol. The monoisotopic (exact) mass is 453 g/mol. The van der Waals surface area contributed by atoms with E-state index < -0.39 is 11.6 Å². The van der Waals surface area contributed by atoms with Crippen LogP contribution in [-0.2, 0) is 0 Å². The summed E-state index contributed by atoms with van der Waals surface area (Å²) in [4.78, 5) is 10.9. The molecule has 2 aromatic heterocycles. The Hall–Kier alpha value is -3.21. The lowest BCUT2D eigenvalue weighted by molar-refractivity contribution is 0.188. The number of anilines is 3. The number of benzene rings is 1. The fraction of sp³-hybridized carbons (Fsp3) is 0.500. The predicted octanol–water partition coefficient (Wildman–Crippen LogP) is 3.39. The Morgan fingerprint density at radius 2 is 1.94 bits per heavy atom. The number of fused-ring (bicyclic) bond motifs is 1. The highest BCUT2D eigenvalue weighted by Crippen LogP contribution is 2.44. The average molecular weight is 454 g/mol. The molecule has 1 aromatic carbocycles. The number of aromatic nitrogens is 6. The van der Waals surface area contributed by atoms with E-state index in [1.807, 2.05) is 0 Å². The van der Waals surface area contributed by atoms with E-state index in [1.54, 1.807) is 6.07 Å². The summed E-state index contributed by atoms with van der Waals surface area (Å²) in [6.07, 6.45) is 8.95. The van der Waals surface area contributed by atoms with Crippen LogP contribution in [0.4, 0.5) is 26.2 Å². The van der Waals surface area contributed by atoms with Crippen molar-refractivity contribution in [1.82, 2.24) is 35.1 Å². The fourth-order valence-electron chi connectivity index (χ4n) is 5.06. The van der Waals surface area contributed by atoms with Gasteiger partial charge in [-0.25, -0.2) is 18.4 Å². The first-order chi connectivity index (χ1) is 16.1. The number of halogens is 2. The van der Waals surface area contributed by atoms with E-state index in [9.17, 15) is 8.78 Å². The second kappa shape index (κ2) is 8.29. The van der Waals surface area contributed by atoms with Gasteiger partial charge in [0, 0.05) is 18.6 Å². The maximum atomic E-state index is 14.9. The number of nitrogens with zero attached hydrogens (tertiary/aromatic N) is 7. The van der Waals surface area contributed by atoms with E-state index in [1.165, 1.54) is 29.9 Å². The molecule has 33 heavy (non-hydrogen) atoms.